The molecule has 4 unspecified atom stereocenters. The largest absolute Gasteiger partial charge is 0.392 e. The van der Waals surface area contributed by atoms with Gasteiger partial charge < -0.3 is 10.4 Å². The first-order valence-corrected chi connectivity index (χ1v) is 8.23. The molecule has 122 valence electrons. The molecule has 4 nitrogen and oxygen atoms in total. The van der Waals surface area contributed by atoms with Crippen LogP contribution in [-0.2, 0) is 4.79 Å². The van der Waals surface area contributed by atoms with Gasteiger partial charge in [-0.15, -0.1) is 0 Å². The van der Waals surface area contributed by atoms with Crippen LogP contribution in [-0.4, -0.2) is 47.7 Å². The lowest BCUT2D eigenvalue weighted by molar-refractivity contribution is -0.127. The first kappa shape index (κ1) is 17.0. The molecule has 1 amide bonds. The van der Waals surface area contributed by atoms with Crippen molar-refractivity contribution in [1.29, 1.82) is 0 Å². The number of nitrogens with one attached hydrogen (secondary N) is 1. The summed E-state index contributed by atoms with van der Waals surface area (Å²) in [6.45, 7) is 8.21. The maximum Gasteiger partial charge on any atom is 0.237 e. The van der Waals surface area contributed by atoms with Gasteiger partial charge in [0.1, 0.15) is 0 Å². The van der Waals surface area contributed by atoms with E-state index in [4.69, 9.17) is 0 Å². The van der Waals surface area contributed by atoms with Gasteiger partial charge in [0.2, 0.25) is 5.91 Å². The van der Waals surface area contributed by atoms with Gasteiger partial charge in [0.15, 0.2) is 0 Å². The maximum absolute atomic E-state index is 12.3. The quantitative estimate of drug-likeness (QED) is 0.875. The van der Waals surface area contributed by atoms with Crippen molar-refractivity contribution in [3.63, 3.8) is 0 Å². The van der Waals surface area contributed by atoms with E-state index in [9.17, 15) is 9.90 Å². The molecule has 1 aromatic carbocycles. The minimum atomic E-state index is -0.327. The third-order valence-electron chi connectivity index (χ3n) is 4.83. The van der Waals surface area contributed by atoms with E-state index in [1.165, 1.54) is 5.56 Å². The van der Waals surface area contributed by atoms with Crippen LogP contribution in [0.4, 0.5) is 0 Å². The molecule has 0 aliphatic carbocycles. The third-order valence-corrected chi connectivity index (χ3v) is 4.83. The van der Waals surface area contributed by atoms with E-state index in [-0.39, 0.29) is 18.1 Å². The average molecular weight is 304 g/mol. The Bertz CT molecular complexity index is 477. The van der Waals surface area contributed by atoms with Crippen LogP contribution in [0.15, 0.2) is 30.3 Å². The Labute approximate surface area is 133 Å². The smallest absolute Gasteiger partial charge is 0.237 e. The van der Waals surface area contributed by atoms with Crippen LogP contribution in [0.3, 0.4) is 0 Å². The first-order valence-electron chi connectivity index (χ1n) is 8.23. The summed E-state index contributed by atoms with van der Waals surface area (Å²) < 4.78 is 0. The Balaban J connectivity index is 1.82. The molecule has 0 radical (unpaired) electrons. The lowest BCUT2D eigenvalue weighted by atomic mass is 9.95. The molecule has 4 atom stereocenters. The fourth-order valence-electron chi connectivity index (χ4n) is 2.89. The molecule has 0 spiro atoms. The van der Waals surface area contributed by atoms with Gasteiger partial charge in [0, 0.05) is 13.1 Å². The molecular formula is C18H28N2O2. The number of amides is 1. The van der Waals surface area contributed by atoms with Crippen molar-refractivity contribution in [2.75, 3.05) is 19.6 Å². The topological polar surface area (TPSA) is 52.6 Å². The van der Waals surface area contributed by atoms with E-state index in [0.29, 0.717) is 24.9 Å². The number of aliphatic hydroxyl groups excluding tert-OH is 1. The second-order valence-electron chi connectivity index (χ2n) is 6.56. The molecule has 1 heterocycles. The van der Waals surface area contributed by atoms with E-state index in [1.54, 1.807) is 0 Å². The zero-order chi connectivity index (χ0) is 16.1. The molecule has 2 rings (SSSR count). The van der Waals surface area contributed by atoms with Crippen molar-refractivity contribution in [1.82, 2.24) is 10.2 Å². The van der Waals surface area contributed by atoms with Crippen molar-refractivity contribution in [2.45, 2.75) is 45.3 Å². The monoisotopic (exact) mass is 304 g/mol. The zero-order valence-electron chi connectivity index (χ0n) is 13.8. The van der Waals surface area contributed by atoms with Gasteiger partial charge in [-0.1, -0.05) is 44.2 Å². The molecule has 2 N–H and O–H groups in total. The van der Waals surface area contributed by atoms with Crippen LogP contribution in [0, 0.1) is 5.92 Å². The normalized spacial score (nSPS) is 25.5. The molecule has 1 aliphatic heterocycles. The number of aliphatic hydroxyl groups is 1. The Morgan fingerprint density at radius 3 is 2.68 bits per heavy atom. The number of carbonyl (C=O) groups excluding carboxylic acids is 1. The highest BCUT2D eigenvalue weighted by Gasteiger charge is 2.30. The highest BCUT2D eigenvalue weighted by Crippen LogP contribution is 2.19. The van der Waals surface area contributed by atoms with Crippen LogP contribution in [0.1, 0.15) is 38.7 Å². The Hall–Kier alpha value is -1.39. The van der Waals surface area contributed by atoms with Crippen molar-refractivity contribution in [3.8, 4) is 0 Å². The number of piperidine rings is 1. The summed E-state index contributed by atoms with van der Waals surface area (Å²) in [7, 11) is 0. The SMILES string of the molecule is CC(CNC(=O)C(C)N1CCC(C)C(O)C1)c1ccccc1. The first-order chi connectivity index (χ1) is 10.5. The summed E-state index contributed by atoms with van der Waals surface area (Å²) >= 11 is 0. The van der Waals surface area contributed by atoms with Crippen molar-refractivity contribution in [3.05, 3.63) is 35.9 Å². The van der Waals surface area contributed by atoms with Gasteiger partial charge >= 0.3 is 0 Å². The van der Waals surface area contributed by atoms with E-state index in [1.807, 2.05) is 25.1 Å². The minimum absolute atomic E-state index is 0.0459. The van der Waals surface area contributed by atoms with Crippen LogP contribution in [0.2, 0.25) is 0 Å². The lowest BCUT2D eigenvalue weighted by Gasteiger charge is -2.37. The highest BCUT2D eigenvalue weighted by atomic mass is 16.3. The fraction of sp³-hybridized carbons (Fsp3) is 0.611. The second-order valence-corrected chi connectivity index (χ2v) is 6.56. The summed E-state index contributed by atoms with van der Waals surface area (Å²) in [5.41, 5.74) is 1.23. The van der Waals surface area contributed by atoms with Crippen LogP contribution >= 0.6 is 0 Å². The molecule has 4 heteroatoms. The molecule has 1 aromatic rings. The Morgan fingerprint density at radius 2 is 2.05 bits per heavy atom. The third kappa shape index (κ3) is 4.31. The molecule has 1 fully saturated rings. The summed E-state index contributed by atoms with van der Waals surface area (Å²) in [5.74, 6) is 0.665. The molecule has 0 bridgehead atoms. The predicted octanol–water partition coefficient (Wildman–Crippen LogP) is 2.00. The predicted molar refractivity (Wildman–Crippen MR) is 88.7 cm³/mol. The molecule has 0 aromatic heterocycles. The average Bonchev–Trinajstić information content (AvgIpc) is 2.55. The van der Waals surface area contributed by atoms with E-state index in [2.05, 4.69) is 36.2 Å². The van der Waals surface area contributed by atoms with Gasteiger partial charge in [-0.2, -0.15) is 0 Å². The number of rotatable bonds is 5. The Morgan fingerprint density at radius 1 is 1.36 bits per heavy atom. The van der Waals surface area contributed by atoms with Gasteiger partial charge in [0.05, 0.1) is 12.1 Å². The number of nitrogens with zero attached hydrogens (tertiary/aromatic N) is 1. The number of benzene rings is 1. The lowest BCUT2D eigenvalue weighted by Crippen LogP contribution is -2.52. The van der Waals surface area contributed by atoms with Crippen molar-refractivity contribution < 1.29 is 9.90 Å². The number of likely N-dealkylation sites (tertiary alicyclic amines) is 1. The molecule has 22 heavy (non-hydrogen) atoms. The summed E-state index contributed by atoms with van der Waals surface area (Å²) in [6.07, 6.45) is 0.617. The van der Waals surface area contributed by atoms with Crippen LogP contribution in [0.5, 0.6) is 0 Å². The number of hydrogen-bond acceptors (Lipinski definition) is 3. The minimum Gasteiger partial charge on any atom is -0.392 e. The van der Waals surface area contributed by atoms with Crippen molar-refractivity contribution in [2.24, 2.45) is 5.92 Å². The number of β-amino-alcohol motifs (C(OH)–C–C–N with tert-alkyl or cyclic N) is 1. The molecule has 1 saturated heterocycles. The molecule has 1 aliphatic rings. The number of hydrogen-bond donors (Lipinski definition) is 2. The van der Waals surface area contributed by atoms with E-state index < -0.39 is 0 Å². The fourth-order valence-corrected chi connectivity index (χ4v) is 2.89. The summed E-state index contributed by atoms with van der Waals surface area (Å²) in [5, 5.41) is 13.0. The summed E-state index contributed by atoms with van der Waals surface area (Å²) in [6, 6.07) is 10.0. The summed E-state index contributed by atoms with van der Waals surface area (Å²) in [4.78, 5) is 14.4. The highest BCUT2D eigenvalue weighted by molar-refractivity contribution is 5.81. The van der Waals surface area contributed by atoms with Crippen LogP contribution < -0.4 is 5.32 Å². The standard InChI is InChI=1S/C18H28N2O2/c1-13-9-10-20(12-17(13)21)15(3)18(22)19-11-14(2)16-7-5-4-6-8-16/h4-8,13-15,17,21H,9-12H2,1-3H3,(H,19,22). The van der Waals surface area contributed by atoms with Gasteiger partial charge in [-0.05, 0) is 37.3 Å². The van der Waals surface area contributed by atoms with Gasteiger partial charge in [0.25, 0.3) is 0 Å². The zero-order valence-corrected chi connectivity index (χ0v) is 13.8. The van der Waals surface area contributed by atoms with Gasteiger partial charge in [-0.3, -0.25) is 9.69 Å². The van der Waals surface area contributed by atoms with Crippen LogP contribution in [0.25, 0.3) is 0 Å². The number of carbonyl (C=O) groups is 1. The van der Waals surface area contributed by atoms with Crippen molar-refractivity contribution >= 4 is 5.91 Å². The van der Waals surface area contributed by atoms with E-state index >= 15 is 0 Å². The molecular weight excluding hydrogens is 276 g/mol. The maximum atomic E-state index is 12.3. The van der Waals surface area contributed by atoms with Gasteiger partial charge in [-0.25, -0.2) is 0 Å². The second kappa shape index (κ2) is 7.75. The Kier molecular flexibility index (Phi) is 5.98. The van der Waals surface area contributed by atoms with E-state index in [0.717, 1.165) is 13.0 Å². The molecule has 0 saturated carbocycles.